The lowest BCUT2D eigenvalue weighted by Crippen LogP contribution is -2.34. The molecule has 0 spiro atoms. The predicted molar refractivity (Wildman–Crippen MR) is 83.6 cm³/mol. The summed E-state index contributed by atoms with van der Waals surface area (Å²) in [6, 6.07) is 0. The van der Waals surface area contributed by atoms with Gasteiger partial charge >= 0.3 is 0 Å². The fraction of sp³-hybridized carbons (Fsp3) is 0.812. The summed E-state index contributed by atoms with van der Waals surface area (Å²) in [5.74, 6) is 0.840. The zero-order valence-electron chi connectivity index (χ0n) is 13.5. The number of hydrogen-bond donors (Lipinski definition) is 1. The van der Waals surface area contributed by atoms with E-state index in [1.165, 1.54) is 43.6 Å². The topological polar surface area (TPSA) is 47.1 Å². The van der Waals surface area contributed by atoms with Crippen LogP contribution in [0.5, 0.6) is 0 Å². The van der Waals surface area contributed by atoms with E-state index < -0.39 is 0 Å². The molecule has 0 unspecified atom stereocenters. The van der Waals surface area contributed by atoms with Crippen LogP contribution >= 0.6 is 0 Å². The first-order chi connectivity index (χ1) is 9.40. The summed E-state index contributed by atoms with van der Waals surface area (Å²) in [6.07, 6.45) is 5.96. The molecule has 0 radical (unpaired) electrons. The second-order valence-electron chi connectivity index (χ2n) is 7.22. The molecule has 0 bridgehead atoms. The zero-order chi connectivity index (χ0) is 14.8. The average Bonchev–Trinajstić information content (AvgIpc) is 2.73. The number of hydrogen-bond acceptors (Lipinski definition) is 3. The van der Waals surface area contributed by atoms with Crippen LogP contribution in [0.1, 0.15) is 51.3 Å². The third-order valence-electron chi connectivity index (χ3n) is 4.29. The summed E-state index contributed by atoms with van der Waals surface area (Å²) in [5.41, 5.74) is 8.41. The van der Waals surface area contributed by atoms with Gasteiger partial charge in [-0.25, -0.2) is 0 Å². The van der Waals surface area contributed by atoms with Crippen LogP contribution in [0.3, 0.4) is 0 Å². The SMILES string of the molecule is Cn1cc(CN2CCC(CCN)CC2)c(C(C)(C)C)n1. The average molecular weight is 278 g/mol. The Morgan fingerprint density at radius 2 is 1.95 bits per heavy atom. The van der Waals surface area contributed by atoms with E-state index in [1.807, 2.05) is 11.7 Å². The van der Waals surface area contributed by atoms with E-state index in [0.29, 0.717) is 0 Å². The molecule has 0 aliphatic carbocycles. The molecule has 1 aromatic heterocycles. The number of nitrogens with two attached hydrogens (primary N) is 1. The van der Waals surface area contributed by atoms with Gasteiger partial charge in [0.05, 0.1) is 5.69 Å². The molecule has 114 valence electrons. The van der Waals surface area contributed by atoms with E-state index in [2.05, 4.69) is 37.0 Å². The van der Waals surface area contributed by atoms with Crippen molar-refractivity contribution in [2.45, 2.75) is 52.0 Å². The van der Waals surface area contributed by atoms with Crippen molar-refractivity contribution in [3.63, 3.8) is 0 Å². The highest BCUT2D eigenvalue weighted by Crippen LogP contribution is 2.27. The molecule has 0 aromatic carbocycles. The first-order valence-electron chi connectivity index (χ1n) is 7.85. The van der Waals surface area contributed by atoms with Crippen molar-refractivity contribution in [1.82, 2.24) is 14.7 Å². The van der Waals surface area contributed by atoms with Crippen LogP contribution in [-0.4, -0.2) is 34.3 Å². The molecule has 2 heterocycles. The van der Waals surface area contributed by atoms with Gasteiger partial charge in [-0.15, -0.1) is 0 Å². The van der Waals surface area contributed by atoms with E-state index in [-0.39, 0.29) is 5.41 Å². The Balaban J connectivity index is 1.98. The first-order valence-corrected chi connectivity index (χ1v) is 7.85. The number of likely N-dealkylation sites (tertiary alicyclic amines) is 1. The van der Waals surface area contributed by atoms with E-state index in [1.54, 1.807) is 0 Å². The molecule has 0 saturated carbocycles. The maximum atomic E-state index is 5.66. The van der Waals surface area contributed by atoms with Crippen molar-refractivity contribution in [2.75, 3.05) is 19.6 Å². The fourth-order valence-corrected chi connectivity index (χ4v) is 3.19. The van der Waals surface area contributed by atoms with Crippen molar-refractivity contribution < 1.29 is 0 Å². The maximum absolute atomic E-state index is 5.66. The van der Waals surface area contributed by atoms with Gasteiger partial charge in [0.2, 0.25) is 0 Å². The molecule has 0 amide bonds. The molecule has 2 N–H and O–H groups in total. The van der Waals surface area contributed by atoms with Gasteiger partial charge in [0.25, 0.3) is 0 Å². The Labute approximate surface area is 123 Å². The first kappa shape index (κ1) is 15.5. The maximum Gasteiger partial charge on any atom is 0.0722 e. The van der Waals surface area contributed by atoms with Crippen LogP contribution in [0.4, 0.5) is 0 Å². The lowest BCUT2D eigenvalue weighted by Gasteiger charge is -2.32. The predicted octanol–water partition coefficient (Wildman–Crippen LogP) is 2.28. The van der Waals surface area contributed by atoms with Crippen LogP contribution < -0.4 is 5.73 Å². The normalized spacial score (nSPS) is 18.6. The fourth-order valence-electron chi connectivity index (χ4n) is 3.19. The summed E-state index contributed by atoms with van der Waals surface area (Å²) < 4.78 is 1.96. The van der Waals surface area contributed by atoms with Crippen LogP contribution in [0.15, 0.2) is 6.20 Å². The van der Waals surface area contributed by atoms with Crippen molar-refractivity contribution in [3.8, 4) is 0 Å². The lowest BCUT2D eigenvalue weighted by molar-refractivity contribution is 0.172. The molecule has 1 aliphatic rings. The van der Waals surface area contributed by atoms with Gasteiger partial charge in [0.1, 0.15) is 0 Å². The van der Waals surface area contributed by atoms with Crippen molar-refractivity contribution >= 4 is 0 Å². The van der Waals surface area contributed by atoms with E-state index in [9.17, 15) is 0 Å². The highest BCUT2D eigenvalue weighted by atomic mass is 15.3. The van der Waals surface area contributed by atoms with Crippen LogP contribution in [-0.2, 0) is 19.0 Å². The largest absolute Gasteiger partial charge is 0.330 e. The van der Waals surface area contributed by atoms with Crippen molar-refractivity contribution in [3.05, 3.63) is 17.5 Å². The molecule has 0 atom stereocenters. The molecule has 4 heteroatoms. The molecule has 1 saturated heterocycles. The Kier molecular flexibility index (Phi) is 4.86. The molecule has 1 aliphatic heterocycles. The smallest absolute Gasteiger partial charge is 0.0722 e. The van der Waals surface area contributed by atoms with Crippen molar-refractivity contribution in [1.29, 1.82) is 0 Å². The molecule has 2 rings (SSSR count). The molecule has 1 aromatic rings. The highest BCUT2D eigenvalue weighted by molar-refractivity contribution is 5.24. The van der Waals surface area contributed by atoms with Gasteiger partial charge in [-0.2, -0.15) is 5.10 Å². The standard InChI is InChI=1S/C16H30N4/c1-16(2,3)15-14(11-19(4)18-15)12-20-9-6-13(5-8-17)7-10-20/h11,13H,5-10,12,17H2,1-4H3. The molecule has 20 heavy (non-hydrogen) atoms. The van der Waals surface area contributed by atoms with Crippen LogP contribution in [0.25, 0.3) is 0 Å². The second kappa shape index (κ2) is 6.27. The van der Waals surface area contributed by atoms with Crippen LogP contribution in [0.2, 0.25) is 0 Å². The summed E-state index contributed by atoms with van der Waals surface area (Å²) in [4.78, 5) is 2.57. The van der Waals surface area contributed by atoms with Gasteiger partial charge in [0.15, 0.2) is 0 Å². The summed E-state index contributed by atoms with van der Waals surface area (Å²) in [5, 5.41) is 4.67. The minimum atomic E-state index is 0.120. The second-order valence-corrected chi connectivity index (χ2v) is 7.22. The number of aryl methyl sites for hydroxylation is 1. The summed E-state index contributed by atoms with van der Waals surface area (Å²) in [6.45, 7) is 11.0. The van der Waals surface area contributed by atoms with Gasteiger partial charge in [-0.3, -0.25) is 9.58 Å². The zero-order valence-corrected chi connectivity index (χ0v) is 13.5. The van der Waals surface area contributed by atoms with Gasteiger partial charge in [-0.05, 0) is 44.8 Å². The Morgan fingerprint density at radius 3 is 2.50 bits per heavy atom. The number of rotatable bonds is 4. The Bertz CT molecular complexity index is 422. The quantitative estimate of drug-likeness (QED) is 0.919. The number of piperidine rings is 1. The molecule has 4 nitrogen and oxygen atoms in total. The van der Waals surface area contributed by atoms with Gasteiger partial charge in [-0.1, -0.05) is 20.8 Å². The van der Waals surface area contributed by atoms with Crippen molar-refractivity contribution in [2.24, 2.45) is 18.7 Å². The third-order valence-corrected chi connectivity index (χ3v) is 4.29. The van der Waals surface area contributed by atoms with E-state index in [4.69, 9.17) is 5.73 Å². The van der Waals surface area contributed by atoms with E-state index in [0.717, 1.165) is 19.0 Å². The molecular weight excluding hydrogens is 248 g/mol. The number of aromatic nitrogens is 2. The number of nitrogens with zero attached hydrogens (tertiary/aromatic N) is 3. The summed E-state index contributed by atoms with van der Waals surface area (Å²) in [7, 11) is 2.02. The third kappa shape index (κ3) is 3.83. The molecular formula is C16H30N4. The van der Waals surface area contributed by atoms with E-state index >= 15 is 0 Å². The lowest BCUT2D eigenvalue weighted by atomic mass is 9.89. The highest BCUT2D eigenvalue weighted by Gasteiger charge is 2.24. The minimum absolute atomic E-state index is 0.120. The van der Waals surface area contributed by atoms with Gasteiger partial charge in [0, 0.05) is 30.8 Å². The molecule has 1 fully saturated rings. The monoisotopic (exact) mass is 278 g/mol. The summed E-state index contributed by atoms with van der Waals surface area (Å²) >= 11 is 0. The van der Waals surface area contributed by atoms with Crippen LogP contribution in [0, 0.1) is 5.92 Å². The van der Waals surface area contributed by atoms with Gasteiger partial charge < -0.3 is 5.73 Å². The Morgan fingerprint density at radius 1 is 1.30 bits per heavy atom. The Hall–Kier alpha value is -0.870. The minimum Gasteiger partial charge on any atom is -0.330 e.